The van der Waals surface area contributed by atoms with Crippen molar-refractivity contribution < 1.29 is 17.9 Å². The van der Waals surface area contributed by atoms with E-state index in [9.17, 15) is 13.6 Å². The number of nitrogens with two attached hydrogens (primary N) is 1. The Bertz CT molecular complexity index is 1590. The highest BCUT2D eigenvalue weighted by Crippen LogP contribution is 2.40. The maximum Gasteiger partial charge on any atom is 0.260 e. The third-order valence-corrected chi connectivity index (χ3v) is 8.31. The lowest BCUT2D eigenvalue weighted by molar-refractivity contribution is 0.387. The van der Waals surface area contributed by atoms with E-state index in [1.807, 2.05) is 24.3 Å². The minimum atomic E-state index is -0.670. The molecule has 3 N–H and O–H groups in total. The fraction of sp³-hybridized carbons (Fsp3) is 0.233. The first-order valence-electron chi connectivity index (χ1n) is 12.5. The lowest BCUT2D eigenvalue weighted by atomic mass is 9.94. The number of ether oxygens (including phenoxy) is 1. The van der Waals surface area contributed by atoms with Crippen molar-refractivity contribution in [2.45, 2.75) is 31.0 Å². The van der Waals surface area contributed by atoms with Crippen LogP contribution in [0.15, 0.2) is 70.5 Å². The summed E-state index contributed by atoms with van der Waals surface area (Å²) in [6.07, 6.45) is -0.0744. The van der Waals surface area contributed by atoms with Crippen molar-refractivity contribution in [1.82, 2.24) is 9.88 Å². The Kier molecular flexibility index (Phi) is 7.72. The lowest BCUT2D eigenvalue weighted by Gasteiger charge is -2.21. The van der Waals surface area contributed by atoms with Gasteiger partial charge in [0.2, 0.25) is 0 Å². The van der Waals surface area contributed by atoms with Gasteiger partial charge < -0.3 is 15.8 Å². The van der Waals surface area contributed by atoms with Gasteiger partial charge in [-0.15, -0.1) is 11.8 Å². The van der Waals surface area contributed by atoms with Gasteiger partial charge in [0.1, 0.15) is 11.6 Å². The van der Waals surface area contributed by atoms with Crippen LogP contribution >= 0.6 is 11.8 Å². The molecular formula is C30H28F3N3O2S. The maximum atomic E-state index is 15.5. The summed E-state index contributed by atoms with van der Waals surface area (Å²) in [6, 6.07) is 15.6. The second-order valence-electron chi connectivity index (χ2n) is 9.50. The molecule has 0 fully saturated rings. The van der Waals surface area contributed by atoms with Crippen LogP contribution in [0.4, 0.5) is 18.9 Å². The zero-order chi connectivity index (χ0) is 27.7. The van der Waals surface area contributed by atoms with Crippen LogP contribution in [0.2, 0.25) is 0 Å². The molecule has 0 saturated heterocycles. The summed E-state index contributed by atoms with van der Waals surface area (Å²) < 4.78 is 51.7. The van der Waals surface area contributed by atoms with E-state index >= 15 is 4.39 Å². The van der Waals surface area contributed by atoms with Gasteiger partial charge in [0.15, 0.2) is 11.6 Å². The molecule has 1 aromatic heterocycles. The zero-order valence-corrected chi connectivity index (χ0v) is 22.4. The number of methoxy groups -OCH3 is 1. The highest BCUT2D eigenvalue weighted by Gasteiger charge is 2.32. The van der Waals surface area contributed by atoms with E-state index in [2.05, 4.69) is 5.32 Å². The molecule has 0 bridgehead atoms. The Morgan fingerprint density at radius 3 is 2.49 bits per heavy atom. The molecule has 3 aromatic carbocycles. The molecular weight excluding hydrogens is 523 g/mol. The second-order valence-corrected chi connectivity index (χ2v) is 10.5. The topological polar surface area (TPSA) is 69.3 Å². The number of anilines is 1. The van der Waals surface area contributed by atoms with Crippen molar-refractivity contribution in [3.63, 3.8) is 0 Å². The van der Waals surface area contributed by atoms with Gasteiger partial charge in [-0.05, 0) is 53.9 Å². The number of thioether (sulfide) groups is 1. The molecule has 1 unspecified atom stereocenters. The fourth-order valence-corrected chi connectivity index (χ4v) is 6.46. The van der Waals surface area contributed by atoms with Gasteiger partial charge in [-0.2, -0.15) is 0 Å². The van der Waals surface area contributed by atoms with Gasteiger partial charge in [0, 0.05) is 42.1 Å². The monoisotopic (exact) mass is 551 g/mol. The summed E-state index contributed by atoms with van der Waals surface area (Å²) in [5.41, 5.74) is 8.44. The van der Waals surface area contributed by atoms with Gasteiger partial charge in [-0.1, -0.05) is 30.3 Å². The van der Waals surface area contributed by atoms with Crippen molar-refractivity contribution in [1.29, 1.82) is 0 Å². The van der Waals surface area contributed by atoms with E-state index in [-0.39, 0.29) is 40.5 Å². The molecule has 5 nitrogen and oxygen atoms in total. The maximum absolute atomic E-state index is 15.5. The molecule has 2 heterocycles. The number of aromatic nitrogens is 1. The van der Waals surface area contributed by atoms with E-state index in [0.29, 0.717) is 40.7 Å². The first-order valence-corrected chi connectivity index (χ1v) is 13.5. The standard InChI is InChI=1S/C30H28F3N3O2S/c1-17-22(13-23-24(31)9-5-10-25(23)32)30-36(29(37)27(17)21-8-4-11-26(38-2)28(21)33)20(16-39-30)15-35-14-18-6-3-7-19(34)12-18/h3-12,20,35H,13-16,34H2,1-2H3. The number of fused-ring (bicyclic) bond motifs is 1. The van der Waals surface area contributed by atoms with Gasteiger partial charge in [0.05, 0.1) is 23.7 Å². The Hall–Kier alpha value is -3.69. The number of benzene rings is 3. The van der Waals surface area contributed by atoms with Crippen molar-refractivity contribution in [2.75, 3.05) is 25.1 Å². The van der Waals surface area contributed by atoms with E-state index in [4.69, 9.17) is 10.5 Å². The molecule has 1 aliphatic rings. The van der Waals surface area contributed by atoms with Crippen molar-refractivity contribution >= 4 is 17.4 Å². The number of rotatable bonds is 8. The summed E-state index contributed by atoms with van der Waals surface area (Å²) in [5.74, 6) is -1.41. The highest BCUT2D eigenvalue weighted by atomic mass is 32.2. The van der Waals surface area contributed by atoms with Crippen LogP contribution in [0.5, 0.6) is 5.75 Å². The molecule has 4 aromatic rings. The summed E-state index contributed by atoms with van der Waals surface area (Å²) in [5, 5.41) is 4.03. The SMILES string of the molecule is COc1cccc(-c2c(C)c(Cc3c(F)cccc3F)c3n(c2=O)C(CNCc2cccc(N)c2)CS3)c1F. The number of hydrogen-bond donors (Lipinski definition) is 2. The largest absolute Gasteiger partial charge is 0.494 e. The molecule has 0 spiro atoms. The van der Waals surface area contributed by atoms with Crippen molar-refractivity contribution in [3.8, 4) is 16.9 Å². The van der Waals surface area contributed by atoms with Crippen LogP contribution in [0.3, 0.4) is 0 Å². The molecule has 1 atom stereocenters. The van der Waals surface area contributed by atoms with Crippen molar-refractivity contribution in [3.05, 3.63) is 111 Å². The molecule has 202 valence electrons. The first kappa shape index (κ1) is 26.9. The summed E-state index contributed by atoms with van der Waals surface area (Å²) in [7, 11) is 1.36. The number of nitrogen functional groups attached to an aromatic ring is 1. The average molecular weight is 552 g/mol. The van der Waals surface area contributed by atoms with Gasteiger partial charge in [-0.25, -0.2) is 13.2 Å². The molecule has 5 rings (SSSR count). The minimum Gasteiger partial charge on any atom is -0.494 e. The van der Waals surface area contributed by atoms with Crippen LogP contribution in [0.25, 0.3) is 11.1 Å². The first-order chi connectivity index (χ1) is 18.8. The van der Waals surface area contributed by atoms with Crippen LogP contribution in [0, 0.1) is 24.4 Å². The lowest BCUT2D eigenvalue weighted by Crippen LogP contribution is -2.33. The van der Waals surface area contributed by atoms with Gasteiger partial charge in [-0.3, -0.25) is 9.36 Å². The minimum absolute atomic E-state index is 0.00761. The van der Waals surface area contributed by atoms with E-state index in [1.54, 1.807) is 17.6 Å². The predicted molar refractivity (Wildman–Crippen MR) is 149 cm³/mol. The van der Waals surface area contributed by atoms with Crippen molar-refractivity contribution in [2.24, 2.45) is 0 Å². The third kappa shape index (κ3) is 5.16. The van der Waals surface area contributed by atoms with Gasteiger partial charge in [0.25, 0.3) is 5.56 Å². The molecule has 1 aliphatic heterocycles. The summed E-state index contributed by atoms with van der Waals surface area (Å²) >= 11 is 1.47. The van der Waals surface area contributed by atoms with Crippen LogP contribution in [-0.2, 0) is 13.0 Å². The van der Waals surface area contributed by atoms with E-state index in [0.717, 1.165) is 5.56 Å². The van der Waals surface area contributed by atoms with E-state index < -0.39 is 17.5 Å². The Balaban J connectivity index is 1.61. The third-order valence-electron chi connectivity index (χ3n) is 7.04. The predicted octanol–water partition coefficient (Wildman–Crippen LogP) is 5.86. The molecule has 0 aliphatic carbocycles. The quantitative estimate of drug-likeness (QED) is 0.269. The normalized spacial score (nSPS) is 14.4. The second kappa shape index (κ2) is 11.2. The molecule has 0 saturated carbocycles. The number of hydrogen-bond acceptors (Lipinski definition) is 5. The Morgan fingerprint density at radius 2 is 1.77 bits per heavy atom. The smallest absolute Gasteiger partial charge is 0.260 e. The van der Waals surface area contributed by atoms with Crippen LogP contribution in [-0.4, -0.2) is 24.0 Å². The fourth-order valence-electron chi connectivity index (χ4n) is 5.07. The molecule has 0 radical (unpaired) electrons. The number of nitrogens with one attached hydrogen (secondary N) is 1. The van der Waals surface area contributed by atoms with Gasteiger partial charge >= 0.3 is 0 Å². The molecule has 0 amide bonds. The number of nitrogens with zero attached hydrogens (tertiary/aromatic N) is 1. The van der Waals surface area contributed by atoms with E-state index in [1.165, 1.54) is 49.2 Å². The number of pyridine rings is 1. The molecule has 9 heteroatoms. The number of halogens is 3. The molecule has 39 heavy (non-hydrogen) atoms. The average Bonchev–Trinajstić information content (AvgIpc) is 3.33. The summed E-state index contributed by atoms with van der Waals surface area (Å²) in [4.78, 5) is 14.0. The van der Waals surface area contributed by atoms with Crippen LogP contribution in [0.1, 0.15) is 28.3 Å². The van der Waals surface area contributed by atoms with Crippen LogP contribution < -0.4 is 21.3 Å². The summed E-state index contributed by atoms with van der Waals surface area (Å²) in [6.45, 7) is 2.72. The highest BCUT2D eigenvalue weighted by molar-refractivity contribution is 7.99. The Labute approximate surface area is 228 Å². The Morgan fingerprint density at radius 1 is 1.05 bits per heavy atom. The zero-order valence-electron chi connectivity index (χ0n) is 21.6.